The molecule has 13 rings (SSSR count). The first-order valence-corrected chi connectivity index (χ1v) is 30.8. The summed E-state index contributed by atoms with van der Waals surface area (Å²) in [6, 6.07) is 76.4. The first kappa shape index (κ1) is 58.3. The fraction of sp³-hybridized carbons (Fsp3) is 0.195. The van der Waals surface area contributed by atoms with Crippen LogP contribution in [0.5, 0.6) is 0 Å². The second-order valence-electron chi connectivity index (χ2n) is 27.9. The van der Waals surface area contributed by atoms with Crippen molar-refractivity contribution in [2.45, 2.75) is 105 Å². The van der Waals surface area contributed by atoms with Gasteiger partial charge in [-0.25, -0.2) is 19.8 Å². The van der Waals surface area contributed by atoms with Crippen molar-refractivity contribution in [3.8, 4) is 91.1 Å². The van der Waals surface area contributed by atoms with Gasteiger partial charge in [-0.15, -0.1) is 0 Å². The number of hydrogen-bond donors (Lipinski definition) is 0. The Kier molecular flexibility index (Phi) is 14.2. The predicted octanol–water partition coefficient (Wildman–Crippen LogP) is 21.6. The molecule has 10 aromatic carbocycles. The van der Waals surface area contributed by atoms with Crippen molar-refractivity contribution in [3.05, 3.63) is 251 Å². The molecule has 0 aliphatic carbocycles. The lowest BCUT2D eigenvalue weighted by Crippen LogP contribution is -2.10. The lowest BCUT2D eigenvalue weighted by atomic mass is 9.85. The van der Waals surface area contributed by atoms with E-state index in [0.29, 0.717) is 34.3 Å². The van der Waals surface area contributed by atoms with Gasteiger partial charge < -0.3 is 9.13 Å². The number of aromatic nitrogens is 5. The smallest absolute Gasteiger partial charge is 0.194 e. The van der Waals surface area contributed by atoms with Crippen LogP contribution in [0.1, 0.15) is 116 Å². The number of hydrogen-bond acceptors (Lipinski definition) is 5. The van der Waals surface area contributed by atoms with Crippen LogP contribution in [0.25, 0.3) is 127 Å². The molecule has 0 radical (unpaired) electrons. The Labute approximate surface area is 527 Å². The maximum atomic E-state index is 10.6. The molecule has 0 aliphatic rings. The van der Waals surface area contributed by atoms with Crippen LogP contribution in [-0.4, -0.2) is 24.1 Å². The number of nitriles is 2. The van der Waals surface area contributed by atoms with Crippen LogP contribution in [0.2, 0.25) is 0 Å². The molecule has 0 aliphatic heterocycles. The average molecular weight is 1170 g/mol. The molecule has 0 spiro atoms. The van der Waals surface area contributed by atoms with Gasteiger partial charge >= 0.3 is 0 Å². The Morgan fingerprint density at radius 1 is 0.344 bits per heavy atom. The Bertz CT molecular complexity index is 4800. The lowest BCUT2D eigenvalue weighted by Gasteiger charge is -2.20. The van der Waals surface area contributed by atoms with Crippen molar-refractivity contribution >= 4 is 49.3 Å². The van der Waals surface area contributed by atoms with Crippen LogP contribution in [0.15, 0.2) is 206 Å². The maximum absolute atomic E-state index is 10.6. The largest absolute Gasteiger partial charge is 0.308 e. The van der Waals surface area contributed by atoms with E-state index in [1.807, 2.05) is 91.0 Å². The zero-order chi connectivity index (χ0) is 63.2. The number of benzene rings is 10. The Morgan fingerprint density at radius 3 is 1.14 bits per heavy atom. The normalized spacial score (nSPS) is 12.2. The summed E-state index contributed by atoms with van der Waals surface area (Å²) in [5.74, 6) is 1.29. The Morgan fingerprint density at radius 2 is 0.722 bits per heavy atom. The molecule has 8 nitrogen and oxygen atoms in total. The van der Waals surface area contributed by atoms with Gasteiger partial charge in [0.2, 0.25) is 0 Å². The third-order valence-corrected chi connectivity index (χ3v) is 17.8. The highest BCUT2D eigenvalue weighted by Crippen LogP contribution is 2.46. The second-order valence-corrected chi connectivity index (χ2v) is 27.9. The highest BCUT2D eigenvalue weighted by atomic mass is 15.1. The van der Waals surface area contributed by atoms with Gasteiger partial charge in [-0.05, 0) is 168 Å². The van der Waals surface area contributed by atoms with Crippen molar-refractivity contribution in [2.75, 3.05) is 0 Å². The molecule has 0 atom stereocenters. The summed E-state index contributed by atoms with van der Waals surface area (Å²) in [6.45, 7) is 35.5. The van der Waals surface area contributed by atoms with E-state index in [9.17, 15) is 10.5 Å². The van der Waals surface area contributed by atoms with Gasteiger partial charge in [-0.2, -0.15) is 10.5 Å². The molecule has 3 aromatic heterocycles. The molecular weight excluding hydrogens is 1100 g/mol. The van der Waals surface area contributed by atoms with Gasteiger partial charge in [0.05, 0.1) is 63.3 Å². The second kappa shape index (κ2) is 21.8. The van der Waals surface area contributed by atoms with Crippen LogP contribution in [0, 0.1) is 29.2 Å². The molecule has 0 unspecified atom stereocenters. The maximum Gasteiger partial charge on any atom is 0.194 e. The minimum atomic E-state index is -0.123. The Balaban J connectivity index is 1.17. The van der Waals surface area contributed by atoms with Gasteiger partial charge in [-0.3, -0.25) is 0 Å². The van der Waals surface area contributed by atoms with Crippen molar-refractivity contribution < 1.29 is 0 Å². The molecule has 438 valence electrons. The van der Waals surface area contributed by atoms with E-state index in [-0.39, 0.29) is 21.7 Å². The third-order valence-electron chi connectivity index (χ3n) is 17.8. The number of rotatable bonds is 8. The number of para-hydroxylation sites is 1. The first-order valence-electron chi connectivity index (χ1n) is 30.8. The summed E-state index contributed by atoms with van der Waals surface area (Å²) >= 11 is 0. The predicted molar refractivity (Wildman–Crippen MR) is 372 cm³/mol. The molecule has 0 saturated carbocycles. The molecule has 3 heterocycles. The molecule has 13 aromatic rings. The molecule has 8 heteroatoms. The van der Waals surface area contributed by atoms with Gasteiger partial charge in [0.25, 0.3) is 0 Å². The zero-order valence-electron chi connectivity index (χ0n) is 53.2. The molecule has 0 N–H and O–H groups in total. The van der Waals surface area contributed by atoms with E-state index in [2.05, 4.69) is 224 Å². The quantitative estimate of drug-likeness (QED) is 0.141. The topological polar surface area (TPSA) is 100 Å². The van der Waals surface area contributed by atoms with Gasteiger partial charge in [0, 0.05) is 38.2 Å². The average Bonchev–Trinajstić information content (AvgIpc) is 1.48. The molecule has 0 fully saturated rings. The molecular formula is C82H70N8. The SMILES string of the molecule is [C-]#[N+]c1ccccc1-c1ccc(-c2nc(-c3ccccc3-c3cccc(C#N)c3)nc(-c3ccc(-c4ccccc4C#N)cc3-n3c4ccc(C(C)(C)C)cc4c4cc(C(C)(C)C)ccc43)n2)c(-n2c3ccc(C(C)(C)C)cc3c3cc(C(C)(C)C)ccc32)c1. The minimum Gasteiger partial charge on any atom is -0.308 e. The van der Waals surface area contributed by atoms with Crippen LogP contribution in [-0.2, 0) is 21.7 Å². The van der Waals surface area contributed by atoms with Crippen molar-refractivity contribution in [1.29, 1.82) is 10.5 Å². The van der Waals surface area contributed by atoms with Crippen molar-refractivity contribution in [2.24, 2.45) is 0 Å². The van der Waals surface area contributed by atoms with Crippen LogP contribution in [0.3, 0.4) is 0 Å². The highest BCUT2D eigenvalue weighted by molar-refractivity contribution is 6.12. The monoisotopic (exact) mass is 1170 g/mol. The molecule has 0 amide bonds. The minimum absolute atomic E-state index is 0.122. The van der Waals surface area contributed by atoms with E-state index < -0.39 is 0 Å². The summed E-state index contributed by atoms with van der Waals surface area (Å²) in [7, 11) is 0. The summed E-state index contributed by atoms with van der Waals surface area (Å²) in [6.07, 6.45) is 0. The first-order chi connectivity index (χ1) is 43.0. The van der Waals surface area contributed by atoms with Crippen LogP contribution < -0.4 is 0 Å². The van der Waals surface area contributed by atoms with Gasteiger partial charge in [0.15, 0.2) is 23.2 Å². The van der Waals surface area contributed by atoms with Gasteiger partial charge in [0.1, 0.15) is 0 Å². The summed E-state index contributed by atoms with van der Waals surface area (Å²) in [4.78, 5) is 21.1. The van der Waals surface area contributed by atoms with E-state index in [1.165, 1.54) is 22.3 Å². The molecule has 0 bridgehead atoms. The van der Waals surface area contributed by atoms with Crippen LogP contribution >= 0.6 is 0 Å². The third kappa shape index (κ3) is 10.4. The summed E-state index contributed by atoms with van der Waals surface area (Å²) in [5, 5.41) is 25.4. The van der Waals surface area contributed by atoms with Gasteiger partial charge in [-0.1, -0.05) is 198 Å². The molecule has 90 heavy (non-hydrogen) atoms. The van der Waals surface area contributed by atoms with E-state index in [1.54, 1.807) is 0 Å². The van der Waals surface area contributed by atoms with Crippen LogP contribution in [0.4, 0.5) is 5.69 Å². The van der Waals surface area contributed by atoms with E-state index in [0.717, 1.165) is 105 Å². The van der Waals surface area contributed by atoms with E-state index >= 15 is 0 Å². The number of fused-ring (bicyclic) bond motifs is 6. The van der Waals surface area contributed by atoms with E-state index in [4.69, 9.17) is 21.5 Å². The van der Waals surface area contributed by atoms with Crippen molar-refractivity contribution in [3.63, 3.8) is 0 Å². The number of nitrogens with zero attached hydrogens (tertiary/aromatic N) is 8. The summed E-state index contributed by atoms with van der Waals surface area (Å²) in [5.41, 5.74) is 19.1. The Hall–Kier alpha value is -10.7. The highest BCUT2D eigenvalue weighted by Gasteiger charge is 2.28. The summed E-state index contributed by atoms with van der Waals surface area (Å²) < 4.78 is 4.71. The zero-order valence-corrected chi connectivity index (χ0v) is 53.2. The fourth-order valence-electron chi connectivity index (χ4n) is 12.6. The standard InChI is InChI=1S/C82H70N8/c1-79(2,3)55-31-37-70-65(44-55)66-45-56(80(4,5)6)32-38-71(66)89(70)74-42-52(59-24-15-14-22-54(59)49-84)29-35-63(74)77-86-76(62-27-17-16-25-60(62)51-23-20-21-50(41-51)48-83)87-78(88-77)64-36-30-53(61-26-18-19-28-69(61)85-13)43-75(64)90-72-39-33-57(81(7,8)9)46-67(72)68-47-58(82(10,11)12)34-40-73(68)90/h14-47H,1-12H3. The fourth-order valence-corrected chi connectivity index (χ4v) is 12.6. The lowest BCUT2D eigenvalue weighted by molar-refractivity contribution is 0.590. The molecule has 0 saturated heterocycles. The van der Waals surface area contributed by atoms with Crippen molar-refractivity contribution in [1.82, 2.24) is 24.1 Å².